The van der Waals surface area contributed by atoms with Gasteiger partial charge in [-0.05, 0) is 24.3 Å². The number of nitrogens with zero attached hydrogens (tertiary/aromatic N) is 3. The molecule has 0 N–H and O–H groups in total. The Bertz CT molecular complexity index is 1070. The molecule has 2 aliphatic rings. The number of halogens is 5. The van der Waals surface area contributed by atoms with Gasteiger partial charge in [-0.1, -0.05) is 34.8 Å². The molecule has 32 heavy (non-hydrogen) atoms. The van der Waals surface area contributed by atoms with Gasteiger partial charge >= 0.3 is 0 Å². The van der Waals surface area contributed by atoms with Crippen molar-refractivity contribution >= 4 is 46.5 Å². The van der Waals surface area contributed by atoms with E-state index in [0.29, 0.717) is 26.3 Å². The second kappa shape index (κ2) is 8.25. The zero-order chi connectivity index (χ0) is 23.4. The van der Waals surface area contributed by atoms with Crippen molar-refractivity contribution in [2.24, 2.45) is 0 Å². The normalized spacial score (nSPS) is 17.7. The lowest BCUT2D eigenvalue weighted by Crippen LogP contribution is -2.63. The van der Waals surface area contributed by atoms with Gasteiger partial charge in [-0.2, -0.15) is 0 Å². The van der Waals surface area contributed by atoms with Gasteiger partial charge < -0.3 is 14.2 Å². The van der Waals surface area contributed by atoms with E-state index in [1.807, 2.05) is 4.90 Å². The van der Waals surface area contributed by atoms with Crippen LogP contribution in [-0.4, -0.2) is 63.7 Å². The van der Waals surface area contributed by atoms with Crippen LogP contribution in [-0.2, 0) is 23.4 Å². The fourth-order valence-electron chi connectivity index (χ4n) is 4.24. The summed E-state index contributed by atoms with van der Waals surface area (Å²) in [5.41, 5.74) is 0.158. The summed E-state index contributed by atoms with van der Waals surface area (Å²) in [5.74, 6) is -2.71. The van der Waals surface area contributed by atoms with Crippen molar-refractivity contribution < 1.29 is 23.1 Å². The average molecular weight is 507 g/mol. The Hall–Kier alpha value is -1.71. The largest absolute Gasteiger partial charge is 0.377 e. The molecule has 0 unspecified atom stereocenters. The number of Topliss-reactive ketones (excluding diaryl/α,β-unsaturated/α-hetero) is 1. The standard InChI is InChI=1S/C21H20Cl3F2N3O3/c1-27(2)19(31)12-7-14(25)13(15(26)8-12)9-28-5-6-29-16(18(30)21(22,23)24)3-4-17(29)20(28)10-32-11-20/h3-4,7-8H,5-6,9-11H2,1-2H3. The number of amides is 1. The summed E-state index contributed by atoms with van der Waals surface area (Å²) in [6.07, 6.45) is 0. The van der Waals surface area contributed by atoms with Crippen LogP contribution in [0, 0.1) is 11.6 Å². The van der Waals surface area contributed by atoms with E-state index < -0.39 is 32.7 Å². The van der Waals surface area contributed by atoms with Crippen LogP contribution in [0.2, 0.25) is 0 Å². The Morgan fingerprint density at radius 3 is 2.25 bits per heavy atom. The number of fused-ring (bicyclic) bond motifs is 2. The second-order valence-electron chi connectivity index (χ2n) is 8.15. The second-order valence-corrected chi connectivity index (χ2v) is 10.4. The van der Waals surface area contributed by atoms with Gasteiger partial charge in [0.15, 0.2) is 0 Å². The van der Waals surface area contributed by atoms with E-state index in [2.05, 4.69) is 0 Å². The first kappa shape index (κ1) is 23.4. The molecular weight excluding hydrogens is 487 g/mol. The van der Waals surface area contributed by atoms with Gasteiger partial charge in [0.05, 0.1) is 18.9 Å². The molecule has 1 amide bonds. The lowest BCUT2D eigenvalue weighted by Gasteiger charge is -2.53. The molecular formula is C21H20Cl3F2N3O3. The highest BCUT2D eigenvalue weighted by Gasteiger charge is 2.51. The Labute approximate surface area is 198 Å². The number of carbonyl (C=O) groups excluding carboxylic acids is 2. The minimum Gasteiger partial charge on any atom is -0.377 e. The molecule has 3 heterocycles. The molecule has 2 aliphatic heterocycles. The molecule has 0 aliphatic carbocycles. The highest BCUT2D eigenvalue weighted by molar-refractivity contribution is 6.77. The molecule has 1 spiro atoms. The first-order valence-electron chi connectivity index (χ1n) is 9.79. The quantitative estimate of drug-likeness (QED) is 0.468. The summed E-state index contributed by atoms with van der Waals surface area (Å²) < 4.78 is 34.8. The Morgan fingerprint density at radius 2 is 1.75 bits per heavy atom. The molecule has 0 bridgehead atoms. The predicted octanol–water partition coefficient (Wildman–Crippen LogP) is 3.76. The van der Waals surface area contributed by atoms with Gasteiger partial charge in [0, 0.05) is 50.6 Å². The number of alkyl halides is 3. The van der Waals surface area contributed by atoms with Gasteiger partial charge in [-0.15, -0.1) is 0 Å². The number of benzene rings is 1. The summed E-state index contributed by atoms with van der Waals surface area (Å²) in [6.45, 7) is 1.31. The third kappa shape index (κ3) is 3.82. The third-order valence-electron chi connectivity index (χ3n) is 5.97. The van der Waals surface area contributed by atoms with Gasteiger partial charge in [-0.3, -0.25) is 14.5 Å². The van der Waals surface area contributed by atoms with Crippen LogP contribution in [0.1, 0.15) is 32.1 Å². The highest BCUT2D eigenvalue weighted by Crippen LogP contribution is 2.42. The zero-order valence-corrected chi connectivity index (χ0v) is 19.6. The van der Waals surface area contributed by atoms with Crippen molar-refractivity contribution in [3.8, 4) is 0 Å². The summed E-state index contributed by atoms with van der Waals surface area (Å²) in [7, 11) is 3.02. The van der Waals surface area contributed by atoms with Crippen LogP contribution < -0.4 is 0 Å². The van der Waals surface area contributed by atoms with E-state index in [9.17, 15) is 18.4 Å². The molecule has 172 valence electrons. The fourth-order valence-corrected chi connectivity index (χ4v) is 4.53. The number of ketones is 1. The number of carbonyl (C=O) groups is 2. The Balaban J connectivity index is 1.66. The SMILES string of the molecule is CN(C)C(=O)c1cc(F)c(CN2CCn3c(C(=O)C(Cl)(Cl)Cl)ccc3C23COC3)c(F)c1. The smallest absolute Gasteiger partial charge is 0.255 e. The van der Waals surface area contributed by atoms with Crippen molar-refractivity contribution in [1.29, 1.82) is 0 Å². The van der Waals surface area contributed by atoms with Gasteiger partial charge in [0.1, 0.15) is 17.2 Å². The monoisotopic (exact) mass is 505 g/mol. The summed E-state index contributed by atoms with van der Waals surface area (Å²) in [5, 5.41) is 0. The minimum atomic E-state index is -2.09. The maximum absolute atomic E-state index is 14.8. The first-order chi connectivity index (χ1) is 15.0. The van der Waals surface area contributed by atoms with E-state index in [1.165, 1.54) is 19.0 Å². The third-order valence-corrected chi connectivity index (χ3v) is 6.49. The molecule has 6 nitrogen and oxygen atoms in total. The molecule has 11 heteroatoms. The van der Waals surface area contributed by atoms with Crippen LogP contribution in [0.15, 0.2) is 24.3 Å². The first-order valence-corrected chi connectivity index (χ1v) is 10.9. The predicted molar refractivity (Wildman–Crippen MR) is 116 cm³/mol. The Morgan fingerprint density at radius 1 is 1.12 bits per heavy atom. The highest BCUT2D eigenvalue weighted by atomic mass is 35.6. The van der Waals surface area contributed by atoms with Crippen molar-refractivity contribution in [2.75, 3.05) is 33.9 Å². The lowest BCUT2D eigenvalue weighted by molar-refractivity contribution is -0.163. The fraction of sp³-hybridized carbons (Fsp3) is 0.429. The van der Waals surface area contributed by atoms with Crippen molar-refractivity contribution in [2.45, 2.75) is 22.4 Å². The molecule has 0 radical (unpaired) electrons. The van der Waals surface area contributed by atoms with Gasteiger partial charge in [0.25, 0.3) is 9.70 Å². The molecule has 2 aromatic rings. The summed E-state index contributed by atoms with van der Waals surface area (Å²) in [6, 6.07) is 5.44. The topological polar surface area (TPSA) is 54.8 Å². The number of aromatic nitrogens is 1. The van der Waals surface area contributed by atoms with Crippen LogP contribution in [0.5, 0.6) is 0 Å². The molecule has 1 saturated heterocycles. The maximum atomic E-state index is 14.8. The maximum Gasteiger partial charge on any atom is 0.255 e. The van der Waals surface area contributed by atoms with Crippen molar-refractivity contribution in [3.63, 3.8) is 0 Å². The Kier molecular flexibility index (Phi) is 6.05. The minimum absolute atomic E-state index is 0.0314. The van der Waals surface area contributed by atoms with E-state index in [-0.39, 0.29) is 23.4 Å². The van der Waals surface area contributed by atoms with E-state index in [4.69, 9.17) is 39.5 Å². The molecule has 1 aromatic carbocycles. The average Bonchev–Trinajstić information content (AvgIpc) is 3.10. The van der Waals surface area contributed by atoms with Crippen molar-refractivity contribution in [1.82, 2.24) is 14.4 Å². The van der Waals surface area contributed by atoms with Crippen molar-refractivity contribution in [3.05, 3.63) is 58.4 Å². The molecule has 1 aromatic heterocycles. The van der Waals surface area contributed by atoms with Crippen LogP contribution in [0.3, 0.4) is 0 Å². The van der Waals surface area contributed by atoms with Crippen LogP contribution in [0.4, 0.5) is 8.78 Å². The number of hydrogen-bond acceptors (Lipinski definition) is 4. The summed E-state index contributed by atoms with van der Waals surface area (Å²) in [4.78, 5) is 27.8. The van der Waals surface area contributed by atoms with E-state index >= 15 is 0 Å². The van der Waals surface area contributed by atoms with E-state index in [1.54, 1.807) is 16.7 Å². The summed E-state index contributed by atoms with van der Waals surface area (Å²) >= 11 is 17.4. The number of hydrogen-bond donors (Lipinski definition) is 0. The molecule has 0 saturated carbocycles. The number of ether oxygens (including phenoxy) is 1. The molecule has 1 fully saturated rings. The lowest BCUT2D eigenvalue weighted by atomic mass is 9.88. The van der Waals surface area contributed by atoms with Crippen LogP contribution >= 0.6 is 34.8 Å². The molecule has 4 rings (SSSR count). The van der Waals surface area contributed by atoms with Gasteiger partial charge in [-0.25, -0.2) is 8.78 Å². The zero-order valence-electron chi connectivity index (χ0n) is 17.3. The van der Waals surface area contributed by atoms with Crippen LogP contribution in [0.25, 0.3) is 0 Å². The number of rotatable bonds is 4. The molecule has 0 atom stereocenters. The van der Waals surface area contributed by atoms with Gasteiger partial charge in [0.2, 0.25) is 5.78 Å². The van der Waals surface area contributed by atoms with E-state index in [0.717, 1.165) is 17.8 Å².